The smallest absolute Gasteiger partial charge is 0.294 e. The normalized spacial score (nSPS) is 11.4. The highest BCUT2D eigenvalue weighted by molar-refractivity contribution is 8.13. The zero-order chi connectivity index (χ0) is 16.2. The van der Waals surface area contributed by atoms with Gasteiger partial charge in [-0.1, -0.05) is 13.8 Å². The van der Waals surface area contributed by atoms with Gasteiger partial charge in [-0.25, -0.2) is 8.42 Å². The summed E-state index contributed by atoms with van der Waals surface area (Å²) in [4.78, 5) is 21.8. The van der Waals surface area contributed by atoms with Crippen LogP contribution in [0.25, 0.3) is 0 Å². The van der Waals surface area contributed by atoms with Crippen molar-refractivity contribution in [2.75, 3.05) is 5.32 Å². The molecule has 0 atom stereocenters. The topological polar surface area (TPSA) is 106 Å². The van der Waals surface area contributed by atoms with E-state index in [1.54, 1.807) is 0 Å². The molecule has 9 heteroatoms. The van der Waals surface area contributed by atoms with Crippen LogP contribution in [0.4, 0.5) is 11.4 Å². The number of nitrogens with zero attached hydrogens (tertiary/aromatic N) is 1. The number of benzene rings is 1. The SMILES string of the molecule is CCC(CC)C(=O)Nc1ccc(S(=O)(=O)Cl)cc1[N+](=O)[O-]. The predicted octanol–water partition coefficient (Wildman–Crippen LogP) is 2.90. The maximum atomic E-state index is 12.0. The fourth-order valence-corrected chi connectivity index (χ4v) is 2.59. The molecule has 0 saturated heterocycles. The molecule has 0 unspecified atom stereocenters. The van der Waals surface area contributed by atoms with Crippen LogP contribution in [0.3, 0.4) is 0 Å². The van der Waals surface area contributed by atoms with Gasteiger partial charge in [-0.05, 0) is 25.0 Å². The van der Waals surface area contributed by atoms with Gasteiger partial charge < -0.3 is 5.32 Å². The molecule has 0 fully saturated rings. The van der Waals surface area contributed by atoms with E-state index in [4.69, 9.17) is 10.7 Å². The van der Waals surface area contributed by atoms with Gasteiger partial charge in [-0.15, -0.1) is 0 Å². The Kier molecular flexibility index (Phi) is 5.68. The van der Waals surface area contributed by atoms with E-state index in [1.165, 1.54) is 0 Å². The van der Waals surface area contributed by atoms with Gasteiger partial charge in [0.15, 0.2) is 0 Å². The first-order chi connectivity index (χ1) is 9.70. The first-order valence-electron chi connectivity index (χ1n) is 6.24. The van der Waals surface area contributed by atoms with Crippen molar-refractivity contribution in [3.63, 3.8) is 0 Å². The minimum atomic E-state index is -4.07. The van der Waals surface area contributed by atoms with Crippen LogP contribution in [0.5, 0.6) is 0 Å². The zero-order valence-electron chi connectivity index (χ0n) is 11.5. The van der Waals surface area contributed by atoms with Crippen molar-refractivity contribution in [3.05, 3.63) is 28.3 Å². The van der Waals surface area contributed by atoms with Gasteiger partial charge >= 0.3 is 0 Å². The number of hydrogen-bond donors (Lipinski definition) is 1. The van der Waals surface area contributed by atoms with Crippen molar-refractivity contribution in [2.24, 2.45) is 5.92 Å². The first kappa shape index (κ1) is 17.4. The van der Waals surface area contributed by atoms with Crippen LogP contribution in [0.1, 0.15) is 26.7 Å². The minimum absolute atomic E-state index is 0.0547. The molecule has 0 aliphatic rings. The lowest BCUT2D eigenvalue weighted by molar-refractivity contribution is -0.384. The average Bonchev–Trinajstić information content (AvgIpc) is 2.38. The molecule has 0 bridgehead atoms. The molecular formula is C12H15ClN2O5S. The Bertz CT molecular complexity index is 656. The van der Waals surface area contributed by atoms with Crippen LogP contribution < -0.4 is 5.32 Å². The Labute approximate surface area is 126 Å². The first-order valence-corrected chi connectivity index (χ1v) is 8.55. The predicted molar refractivity (Wildman–Crippen MR) is 78.8 cm³/mol. The maximum absolute atomic E-state index is 12.0. The van der Waals surface area contributed by atoms with Crippen LogP contribution >= 0.6 is 10.7 Å². The van der Waals surface area contributed by atoms with Crippen LogP contribution in [0.2, 0.25) is 0 Å². The number of rotatable bonds is 6. The van der Waals surface area contributed by atoms with Crippen molar-refractivity contribution < 1.29 is 18.1 Å². The van der Waals surface area contributed by atoms with Gasteiger partial charge in [0.1, 0.15) is 5.69 Å². The number of nitrogens with one attached hydrogen (secondary N) is 1. The Morgan fingerprint density at radius 2 is 1.95 bits per heavy atom. The largest absolute Gasteiger partial charge is 0.320 e. The molecule has 1 amide bonds. The summed E-state index contributed by atoms with van der Waals surface area (Å²) in [5.74, 6) is -0.606. The van der Waals surface area contributed by atoms with E-state index in [2.05, 4.69) is 5.32 Å². The average molecular weight is 335 g/mol. The van der Waals surface area contributed by atoms with Crippen molar-refractivity contribution in [2.45, 2.75) is 31.6 Å². The fourth-order valence-electron chi connectivity index (χ4n) is 1.81. The van der Waals surface area contributed by atoms with Crippen LogP contribution in [0, 0.1) is 16.0 Å². The number of nitro benzene ring substituents is 1. The second-order valence-electron chi connectivity index (χ2n) is 4.38. The highest BCUT2D eigenvalue weighted by Gasteiger charge is 2.23. The zero-order valence-corrected chi connectivity index (χ0v) is 13.1. The number of amides is 1. The van der Waals surface area contributed by atoms with Crippen LogP contribution in [-0.2, 0) is 13.8 Å². The summed E-state index contributed by atoms with van der Waals surface area (Å²) in [6.45, 7) is 3.68. The summed E-state index contributed by atoms with van der Waals surface area (Å²) >= 11 is 0. The van der Waals surface area contributed by atoms with E-state index in [0.717, 1.165) is 18.2 Å². The van der Waals surface area contributed by atoms with E-state index in [1.807, 2.05) is 13.8 Å². The van der Waals surface area contributed by atoms with Gasteiger partial charge in [0.05, 0.1) is 9.82 Å². The van der Waals surface area contributed by atoms with Gasteiger partial charge in [-0.2, -0.15) is 0 Å². The highest BCUT2D eigenvalue weighted by Crippen LogP contribution is 2.29. The molecule has 21 heavy (non-hydrogen) atoms. The molecule has 1 rings (SSSR count). The third kappa shape index (κ3) is 4.40. The standard InChI is InChI=1S/C12H15ClN2O5S/c1-3-8(4-2)12(16)14-10-6-5-9(21(13,19)20)7-11(10)15(17)18/h5-8H,3-4H2,1-2H3,(H,14,16). The van der Waals surface area contributed by atoms with E-state index in [0.29, 0.717) is 12.8 Å². The molecule has 0 saturated carbocycles. The molecular weight excluding hydrogens is 320 g/mol. The molecule has 1 aromatic rings. The highest BCUT2D eigenvalue weighted by atomic mass is 35.7. The lowest BCUT2D eigenvalue weighted by Crippen LogP contribution is -2.22. The van der Waals surface area contributed by atoms with Gasteiger partial charge in [0.2, 0.25) is 5.91 Å². The van der Waals surface area contributed by atoms with Gasteiger partial charge in [0, 0.05) is 22.7 Å². The Balaban J connectivity index is 3.19. The summed E-state index contributed by atoms with van der Waals surface area (Å²) in [6.07, 6.45) is 1.20. The maximum Gasteiger partial charge on any atom is 0.294 e. The van der Waals surface area contributed by atoms with E-state index in [-0.39, 0.29) is 17.5 Å². The van der Waals surface area contributed by atoms with Crippen molar-refractivity contribution in [1.82, 2.24) is 0 Å². The number of anilines is 1. The van der Waals surface area contributed by atoms with Crippen LogP contribution in [0.15, 0.2) is 23.1 Å². The summed E-state index contributed by atoms with van der Waals surface area (Å²) in [5.41, 5.74) is -0.572. The number of carbonyl (C=O) groups excluding carboxylic acids is 1. The monoisotopic (exact) mass is 334 g/mol. The lowest BCUT2D eigenvalue weighted by Gasteiger charge is -2.13. The number of nitro groups is 1. The third-order valence-electron chi connectivity index (χ3n) is 3.06. The molecule has 0 aliphatic carbocycles. The van der Waals surface area contributed by atoms with E-state index < -0.39 is 24.6 Å². The molecule has 1 aromatic carbocycles. The summed E-state index contributed by atoms with van der Waals surface area (Å²) < 4.78 is 22.4. The van der Waals surface area contributed by atoms with Crippen molar-refractivity contribution in [1.29, 1.82) is 0 Å². The molecule has 7 nitrogen and oxygen atoms in total. The van der Waals surface area contributed by atoms with Gasteiger partial charge in [-0.3, -0.25) is 14.9 Å². The second-order valence-corrected chi connectivity index (χ2v) is 6.94. The quantitative estimate of drug-likeness (QED) is 0.489. The van der Waals surface area contributed by atoms with Crippen molar-refractivity contribution in [3.8, 4) is 0 Å². The van der Waals surface area contributed by atoms with Crippen LogP contribution in [-0.4, -0.2) is 19.2 Å². The molecule has 0 radical (unpaired) electrons. The molecule has 1 N–H and O–H groups in total. The molecule has 0 aliphatic heterocycles. The Morgan fingerprint density at radius 3 is 2.38 bits per heavy atom. The Hall–Kier alpha value is -1.67. The molecule has 0 heterocycles. The number of halogens is 1. The second kappa shape index (κ2) is 6.86. The number of hydrogen-bond acceptors (Lipinski definition) is 5. The fraction of sp³-hybridized carbons (Fsp3) is 0.417. The third-order valence-corrected chi connectivity index (χ3v) is 4.41. The van der Waals surface area contributed by atoms with E-state index >= 15 is 0 Å². The lowest BCUT2D eigenvalue weighted by atomic mass is 10.0. The molecule has 0 aromatic heterocycles. The minimum Gasteiger partial charge on any atom is -0.320 e. The summed E-state index contributed by atoms with van der Waals surface area (Å²) in [5, 5.41) is 13.5. The summed E-state index contributed by atoms with van der Waals surface area (Å²) in [6, 6.07) is 3.09. The van der Waals surface area contributed by atoms with E-state index in [9.17, 15) is 23.3 Å². The van der Waals surface area contributed by atoms with Crippen molar-refractivity contribution >= 4 is 37.0 Å². The number of carbonyl (C=O) groups is 1. The Morgan fingerprint density at radius 1 is 1.38 bits per heavy atom. The molecule has 0 spiro atoms. The summed E-state index contributed by atoms with van der Waals surface area (Å²) in [7, 11) is 1.08. The molecule has 116 valence electrons. The van der Waals surface area contributed by atoms with Gasteiger partial charge in [0.25, 0.3) is 14.7 Å².